The average molecular weight is 320 g/mol. The van der Waals surface area contributed by atoms with Crippen LogP contribution in [0.2, 0.25) is 0 Å². The number of imidazole rings is 1. The predicted molar refractivity (Wildman–Crippen MR) is 90.0 cm³/mol. The summed E-state index contributed by atoms with van der Waals surface area (Å²) in [6.45, 7) is 7.73. The van der Waals surface area contributed by atoms with Crippen molar-refractivity contribution < 1.29 is 4.79 Å². The summed E-state index contributed by atoms with van der Waals surface area (Å²) in [5.74, 6) is 0. The molecule has 0 aliphatic carbocycles. The van der Waals surface area contributed by atoms with E-state index in [1.54, 1.807) is 23.9 Å². The highest BCUT2D eigenvalue weighted by atomic mass is 32.1. The van der Waals surface area contributed by atoms with Gasteiger partial charge in [0.1, 0.15) is 0 Å². The highest BCUT2D eigenvalue weighted by Gasteiger charge is 2.26. The molecule has 0 spiro atoms. The Morgan fingerprint density at radius 3 is 2.86 bits per heavy atom. The van der Waals surface area contributed by atoms with Crippen molar-refractivity contribution in [1.82, 2.24) is 20.2 Å². The second-order valence-electron chi connectivity index (χ2n) is 6.41. The topological polar surface area (TPSA) is 59.0 Å². The molecule has 0 bridgehead atoms. The zero-order chi connectivity index (χ0) is 16.0. The van der Waals surface area contributed by atoms with E-state index in [0.29, 0.717) is 13.1 Å². The van der Waals surface area contributed by atoms with Gasteiger partial charge in [-0.3, -0.25) is 0 Å². The zero-order valence-electron chi connectivity index (χ0n) is 13.4. The second kappa shape index (κ2) is 7.45. The van der Waals surface area contributed by atoms with Crippen LogP contribution in [0.15, 0.2) is 36.2 Å². The molecule has 0 saturated carbocycles. The quantitative estimate of drug-likeness (QED) is 0.860. The first-order valence-electron chi connectivity index (χ1n) is 7.47. The van der Waals surface area contributed by atoms with Crippen molar-refractivity contribution >= 4 is 17.4 Å². The lowest BCUT2D eigenvalue weighted by atomic mass is 9.86. The number of rotatable bonds is 6. The van der Waals surface area contributed by atoms with E-state index < -0.39 is 0 Å². The maximum Gasteiger partial charge on any atom is 0.315 e. The summed E-state index contributed by atoms with van der Waals surface area (Å²) < 4.78 is 1.99. The van der Waals surface area contributed by atoms with Gasteiger partial charge in [0, 0.05) is 30.4 Å². The van der Waals surface area contributed by atoms with Crippen LogP contribution in [0.25, 0.3) is 0 Å². The zero-order valence-corrected chi connectivity index (χ0v) is 14.2. The van der Waals surface area contributed by atoms with Crippen LogP contribution in [0.5, 0.6) is 0 Å². The Balaban J connectivity index is 1.82. The van der Waals surface area contributed by atoms with Gasteiger partial charge in [-0.05, 0) is 23.3 Å². The highest BCUT2D eigenvalue weighted by Crippen LogP contribution is 2.20. The fraction of sp³-hybridized carbons (Fsp3) is 0.500. The molecule has 120 valence electrons. The maximum absolute atomic E-state index is 12.1. The Kier molecular flexibility index (Phi) is 5.60. The SMILES string of the molecule is CC(C)(C)[C@H](Cn1ccnc1)NC(=O)NCCc1cccs1. The molecular weight excluding hydrogens is 296 g/mol. The number of thiophene rings is 1. The molecule has 2 amide bonds. The van der Waals surface area contributed by atoms with Gasteiger partial charge in [0.2, 0.25) is 0 Å². The molecule has 0 aliphatic heterocycles. The fourth-order valence-electron chi connectivity index (χ4n) is 2.10. The summed E-state index contributed by atoms with van der Waals surface area (Å²) in [6, 6.07) is 4.03. The average Bonchev–Trinajstić information content (AvgIpc) is 3.09. The van der Waals surface area contributed by atoms with E-state index in [2.05, 4.69) is 47.8 Å². The van der Waals surface area contributed by atoms with Crippen LogP contribution in [-0.2, 0) is 13.0 Å². The van der Waals surface area contributed by atoms with E-state index in [-0.39, 0.29) is 17.5 Å². The summed E-state index contributed by atoms with van der Waals surface area (Å²) in [7, 11) is 0. The minimum Gasteiger partial charge on any atom is -0.338 e. The third kappa shape index (κ3) is 5.18. The smallest absolute Gasteiger partial charge is 0.315 e. The molecule has 22 heavy (non-hydrogen) atoms. The lowest BCUT2D eigenvalue weighted by molar-refractivity contribution is 0.209. The number of hydrogen-bond acceptors (Lipinski definition) is 3. The first-order chi connectivity index (χ1) is 10.4. The molecule has 6 heteroatoms. The Morgan fingerprint density at radius 1 is 1.45 bits per heavy atom. The van der Waals surface area contributed by atoms with E-state index >= 15 is 0 Å². The van der Waals surface area contributed by atoms with Crippen LogP contribution in [-0.4, -0.2) is 28.2 Å². The minimum atomic E-state index is -0.114. The standard InChI is InChI=1S/C16H24N4OS/c1-16(2,3)14(11-20-9-8-17-12-20)19-15(21)18-7-6-13-5-4-10-22-13/h4-5,8-10,12,14H,6-7,11H2,1-3H3,(H2,18,19,21)/t14-/m0/s1. The largest absolute Gasteiger partial charge is 0.338 e. The van der Waals surface area contributed by atoms with Crippen LogP contribution >= 0.6 is 11.3 Å². The molecule has 2 heterocycles. The summed E-state index contributed by atoms with van der Waals surface area (Å²) in [5.41, 5.74) is -0.0324. The molecule has 0 saturated heterocycles. The highest BCUT2D eigenvalue weighted by molar-refractivity contribution is 7.09. The van der Waals surface area contributed by atoms with Crippen molar-refractivity contribution in [3.8, 4) is 0 Å². The van der Waals surface area contributed by atoms with Crippen LogP contribution in [0.4, 0.5) is 4.79 Å². The molecule has 0 unspecified atom stereocenters. The summed E-state index contributed by atoms with van der Waals surface area (Å²) >= 11 is 1.71. The van der Waals surface area contributed by atoms with Gasteiger partial charge in [0.25, 0.3) is 0 Å². The number of nitrogens with zero attached hydrogens (tertiary/aromatic N) is 2. The van der Waals surface area contributed by atoms with Crippen LogP contribution in [0, 0.1) is 5.41 Å². The summed E-state index contributed by atoms with van der Waals surface area (Å²) in [5, 5.41) is 8.07. The minimum absolute atomic E-state index is 0.0310. The monoisotopic (exact) mass is 320 g/mol. The molecule has 2 rings (SSSR count). The van der Waals surface area contributed by atoms with Gasteiger partial charge in [-0.25, -0.2) is 9.78 Å². The van der Waals surface area contributed by atoms with Crippen LogP contribution in [0.3, 0.4) is 0 Å². The second-order valence-corrected chi connectivity index (χ2v) is 7.44. The molecule has 5 nitrogen and oxygen atoms in total. The summed E-state index contributed by atoms with van der Waals surface area (Å²) in [4.78, 5) is 17.4. The molecule has 2 aromatic heterocycles. The van der Waals surface area contributed by atoms with Crippen molar-refractivity contribution in [2.45, 2.75) is 39.8 Å². The molecule has 1 atom stereocenters. The molecule has 0 fully saturated rings. The number of hydrogen-bond donors (Lipinski definition) is 2. The van der Waals surface area contributed by atoms with Crippen LogP contribution in [0.1, 0.15) is 25.6 Å². The third-order valence-corrected chi connectivity index (χ3v) is 4.48. The number of carbonyl (C=O) groups excluding carboxylic acids is 1. The van der Waals surface area contributed by atoms with E-state index in [9.17, 15) is 4.79 Å². The lowest BCUT2D eigenvalue weighted by Crippen LogP contribution is -2.50. The number of carbonyl (C=O) groups is 1. The Bertz CT molecular complexity index is 557. The van der Waals surface area contributed by atoms with Crippen molar-refractivity contribution in [2.24, 2.45) is 5.41 Å². The van der Waals surface area contributed by atoms with Gasteiger partial charge in [-0.15, -0.1) is 11.3 Å². The molecular formula is C16H24N4OS. The Morgan fingerprint density at radius 2 is 2.27 bits per heavy atom. The predicted octanol–water partition coefficient (Wildman–Crippen LogP) is 2.90. The number of aromatic nitrogens is 2. The maximum atomic E-state index is 12.1. The Hall–Kier alpha value is -1.82. The lowest BCUT2D eigenvalue weighted by Gasteiger charge is -2.31. The van der Waals surface area contributed by atoms with Gasteiger partial charge >= 0.3 is 6.03 Å². The van der Waals surface area contributed by atoms with Gasteiger partial charge < -0.3 is 15.2 Å². The van der Waals surface area contributed by atoms with Crippen molar-refractivity contribution in [3.05, 3.63) is 41.1 Å². The van der Waals surface area contributed by atoms with Gasteiger partial charge in [-0.1, -0.05) is 26.8 Å². The fourth-order valence-corrected chi connectivity index (χ4v) is 2.81. The van der Waals surface area contributed by atoms with Crippen LogP contribution < -0.4 is 10.6 Å². The first kappa shape index (κ1) is 16.5. The van der Waals surface area contributed by atoms with Crippen molar-refractivity contribution in [3.63, 3.8) is 0 Å². The van der Waals surface area contributed by atoms with E-state index in [4.69, 9.17) is 0 Å². The Labute approximate surface area is 135 Å². The van der Waals surface area contributed by atoms with Gasteiger partial charge in [0.15, 0.2) is 0 Å². The molecule has 2 aromatic rings. The normalized spacial score (nSPS) is 12.9. The summed E-state index contributed by atoms with van der Waals surface area (Å²) in [6.07, 6.45) is 6.30. The number of amides is 2. The number of nitrogens with one attached hydrogen (secondary N) is 2. The van der Waals surface area contributed by atoms with Crippen molar-refractivity contribution in [1.29, 1.82) is 0 Å². The van der Waals surface area contributed by atoms with Crippen molar-refractivity contribution in [2.75, 3.05) is 6.54 Å². The molecule has 0 aromatic carbocycles. The van der Waals surface area contributed by atoms with E-state index in [0.717, 1.165) is 6.42 Å². The molecule has 2 N–H and O–H groups in total. The first-order valence-corrected chi connectivity index (χ1v) is 8.35. The van der Waals surface area contributed by atoms with Gasteiger partial charge in [-0.2, -0.15) is 0 Å². The van der Waals surface area contributed by atoms with Gasteiger partial charge in [0.05, 0.1) is 12.4 Å². The number of urea groups is 1. The molecule has 0 aliphatic rings. The van der Waals surface area contributed by atoms with E-state index in [1.165, 1.54) is 4.88 Å². The molecule has 0 radical (unpaired) electrons. The third-order valence-electron chi connectivity index (χ3n) is 3.54. The van der Waals surface area contributed by atoms with E-state index in [1.807, 2.05) is 16.8 Å².